The zero-order valence-electron chi connectivity index (χ0n) is 12.2. The Morgan fingerprint density at radius 2 is 2.19 bits per heavy atom. The smallest absolute Gasteiger partial charge is 0.171 e. The summed E-state index contributed by atoms with van der Waals surface area (Å²) in [4.78, 5) is 0. The first kappa shape index (κ1) is 15.8. The summed E-state index contributed by atoms with van der Waals surface area (Å²) in [5, 5.41) is 12.1. The Morgan fingerprint density at radius 3 is 2.90 bits per heavy atom. The van der Waals surface area contributed by atoms with E-state index in [0.717, 1.165) is 35.1 Å². The van der Waals surface area contributed by atoms with Crippen LogP contribution in [0.4, 0.5) is 5.82 Å². The van der Waals surface area contributed by atoms with Crippen LogP contribution < -0.4 is 10.6 Å². The maximum absolute atomic E-state index is 6.01. The van der Waals surface area contributed by atoms with Gasteiger partial charge in [-0.2, -0.15) is 5.10 Å². The van der Waals surface area contributed by atoms with E-state index in [1.54, 1.807) is 0 Å². The second kappa shape index (κ2) is 7.43. The van der Waals surface area contributed by atoms with E-state index in [1.165, 1.54) is 0 Å². The molecule has 1 aromatic heterocycles. The summed E-state index contributed by atoms with van der Waals surface area (Å²) in [7, 11) is 0. The number of benzene rings is 1. The Morgan fingerprint density at radius 1 is 1.38 bits per heavy atom. The van der Waals surface area contributed by atoms with Crippen molar-refractivity contribution in [2.24, 2.45) is 0 Å². The van der Waals surface area contributed by atoms with Gasteiger partial charge in [0, 0.05) is 23.3 Å². The number of aromatic nitrogens is 2. The van der Waals surface area contributed by atoms with E-state index in [0.29, 0.717) is 11.7 Å². The Bertz CT molecular complexity index is 624. The number of thiocarbonyl (C=S) groups is 1. The molecule has 0 aliphatic carbocycles. The Labute approximate surface area is 135 Å². The van der Waals surface area contributed by atoms with E-state index in [4.69, 9.17) is 23.8 Å². The summed E-state index contributed by atoms with van der Waals surface area (Å²) in [5.74, 6) is 0.753. The SMILES string of the molecule is CCCNC(=S)Nc1cc(C)n(Cc2cccc(Cl)c2)n1. The fourth-order valence-electron chi connectivity index (χ4n) is 1.94. The van der Waals surface area contributed by atoms with E-state index >= 15 is 0 Å². The number of hydrogen-bond acceptors (Lipinski definition) is 2. The summed E-state index contributed by atoms with van der Waals surface area (Å²) < 4.78 is 1.93. The molecule has 0 atom stereocenters. The van der Waals surface area contributed by atoms with Crippen molar-refractivity contribution in [2.75, 3.05) is 11.9 Å². The van der Waals surface area contributed by atoms with Gasteiger partial charge in [0.1, 0.15) is 0 Å². The number of aryl methyl sites for hydroxylation is 1. The first-order chi connectivity index (χ1) is 10.1. The van der Waals surface area contributed by atoms with Crippen LogP contribution in [-0.4, -0.2) is 21.4 Å². The topological polar surface area (TPSA) is 41.9 Å². The van der Waals surface area contributed by atoms with E-state index < -0.39 is 0 Å². The number of nitrogens with one attached hydrogen (secondary N) is 2. The molecule has 0 amide bonds. The Balaban J connectivity index is 2.03. The minimum atomic E-state index is 0.601. The van der Waals surface area contributed by atoms with Gasteiger partial charge in [-0.15, -0.1) is 0 Å². The summed E-state index contributed by atoms with van der Waals surface area (Å²) in [6.07, 6.45) is 1.03. The molecule has 4 nitrogen and oxygen atoms in total. The van der Waals surface area contributed by atoms with Gasteiger partial charge in [0.05, 0.1) is 6.54 Å². The molecule has 6 heteroatoms. The fraction of sp³-hybridized carbons (Fsp3) is 0.333. The molecule has 0 saturated heterocycles. The number of nitrogens with zero attached hydrogens (tertiary/aromatic N) is 2. The van der Waals surface area contributed by atoms with Crippen LogP contribution in [0, 0.1) is 6.92 Å². The maximum atomic E-state index is 6.01. The zero-order chi connectivity index (χ0) is 15.2. The number of halogens is 1. The maximum Gasteiger partial charge on any atom is 0.171 e. The highest BCUT2D eigenvalue weighted by Crippen LogP contribution is 2.14. The number of anilines is 1. The molecule has 0 aliphatic heterocycles. The van der Waals surface area contributed by atoms with Crippen LogP contribution in [-0.2, 0) is 6.54 Å². The predicted octanol–water partition coefficient (Wildman–Crippen LogP) is 3.59. The van der Waals surface area contributed by atoms with Crippen LogP contribution in [0.1, 0.15) is 24.6 Å². The van der Waals surface area contributed by atoms with Gasteiger partial charge in [-0.05, 0) is 43.3 Å². The zero-order valence-corrected chi connectivity index (χ0v) is 13.8. The van der Waals surface area contributed by atoms with Crippen molar-refractivity contribution >= 4 is 34.7 Å². The molecule has 112 valence electrons. The standard InChI is InChI=1S/C15H19ClN4S/c1-3-7-17-15(21)18-14-8-11(2)20(19-14)10-12-5-4-6-13(16)9-12/h4-6,8-9H,3,7,10H2,1-2H3,(H2,17,18,19,21). The van der Waals surface area contributed by atoms with Crippen LogP contribution in [0.25, 0.3) is 0 Å². The molecule has 0 bridgehead atoms. The molecule has 0 fully saturated rings. The monoisotopic (exact) mass is 322 g/mol. The van der Waals surface area contributed by atoms with Crippen molar-refractivity contribution in [3.05, 3.63) is 46.6 Å². The quantitative estimate of drug-likeness (QED) is 0.826. The van der Waals surface area contributed by atoms with Gasteiger partial charge in [-0.25, -0.2) is 0 Å². The molecule has 0 radical (unpaired) electrons. The summed E-state index contributed by atoms with van der Waals surface area (Å²) >= 11 is 11.2. The van der Waals surface area contributed by atoms with Crippen molar-refractivity contribution in [1.82, 2.24) is 15.1 Å². The molecule has 1 aromatic carbocycles. The van der Waals surface area contributed by atoms with E-state index in [1.807, 2.05) is 41.9 Å². The van der Waals surface area contributed by atoms with Gasteiger partial charge < -0.3 is 10.6 Å². The first-order valence-corrected chi connectivity index (χ1v) is 7.71. The van der Waals surface area contributed by atoms with Gasteiger partial charge in [-0.3, -0.25) is 4.68 Å². The Hall–Kier alpha value is -1.59. The third-order valence-electron chi connectivity index (χ3n) is 2.98. The number of rotatable bonds is 5. The molecule has 2 aromatic rings. The van der Waals surface area contributed by atoms with Crippen LogP contribution >= 0.6 is 23.8 Å². The largest absolute Gasteiger partial charge is 0.362 e. The van der Waals surface area contributed by atoms with Crippen molar-refractivity contribution < 1.29 is 0 Å². The van der Waals surface area contributed by atoms with Gasteiger partial charge in [-0.1, -0.05) is 30.7 Å². The molecule has 21 heavy (non-hydrogen) atoms. The van der Waals surface area contributed by atoms with E-state index in [9.17, 15) is 0 Å². The predicted molar refractivity (Wildman–Crippen MR) is 92.0 cm³/mol. The highest BCUT2D eigenvalue weighted by atomic mass is 35.5. The average molecular weight is 323 g/mol. The Kier molecular flexibility index (Phi) is 5.59. The van der Waals surface area contributed by atoms with Crippen LogP contribution in [0.2, 0.25) is 5.02 Å². The van der Waals surface area contributed by atoms with Crippen molar-refractivity contribution in [1.29, 1.82) is 0 Å². The molecule has 0 aliphatic rings. The van der Waals surface area contributed by atoms with Gasteiger partial charge >= 0.3 is 0 Å². The fourth-order valence-corrected chi connectivity index (χ4v) is 2.36. The van der Waals surface area contributed by atoms with Gasteiger partial charge in [0.2, 0.25) is 0 Å². The summed E-state index contributed by atoms with van der Waals surface area (Å²) in [6.45, 7) is 5.65. The van der Waals surface area contributed by atoms with Crippen molar-refractivity contribution in [3.8, 4) is 0 Å². The molecular formula is C15H19ClN4S. The lowest BCUT2D eigenvalue weighted by Gasteiger charge is -2.07. The third kappa shape index (κ3) is 4.72. The average Bonchev–Trinajstić information content (AvgIpc) is 2.76. The lowest BCUT2D eigenvalue weighted by molar-refractivity contribution is 0.668. The second-order valence-electron chi connectivity index (χ2n) is 4.84. The van der Waals surface area contributed by atoms with Crippen LogP contribution in [0.15, 0.2) is 30.3 Å². The molecule has 0 spiro atoms. The molecule has 2 rings (SSSR count). The second-order valence-corrected chi connectivity index (χ2v) is 5.68. The summed E-state index contributed by atoms with van der Waals surface area (Å²) in [5.41, 5.74) is 2.18. The summed E-state index contributed by atoms with van der Waals surface area (Å²) in [6, 6.07) is 9.77. The normalized spacial score (nSPS) is 10.4. The van der Waals surface area contributed by atoms with Crippen molar-refractivity contribution in [2.45, 2.75) is 26.8 Å². The van der Waals surface area contributed by atoms with E-state index in [-0.39, 0.29) is 0 Å². The van der Waals surface area contributed by atoms with Gasteiger partial charge in [0.25, 0.3) is 0 Å². The minimum Gasteiger partial charge on any atom is -0.362 e. The highest BCUT2D eigenvalue weighted by molar-refractivity contribution is 7.80. The van der Waals surface area contributed by atoms with Gasteiger partial charge in [0.15, 0.2) is 10.9 Å². The van der Waals surface area contributed by atoms with E-state index in [2.05, 4.69) is 22.7 Å². The molecule has 1 heterocycles. The third-order valence-corrected chi connectivity index (χ3v) is 3.46. The lowest BCUT2D eigenvalue weighted by Crippen LogP contribution is -2.29. The van der Waals surface area contributed by atoms with Crippen LogP contribution in [0.5, 0.6) is 0 Å². The molecule has 2 N–H and O–H groups in total. The molecule has 0 unspecified atom stereocenters. The van der Waals surface area contributed by atoms with Crippen LogP contribution in [0.3, 0.4) is 0 Å². The minimum absolute atomic E-state index is 0.601. The van der Waals surface area contributed by atoms with Crippen molar-refractivity contribution in [3.63, 3.8) is 0 Å². The number of hydrogen-bond donors (Lipinski definition) is 2. The first-order valence-electron chi connectivity index (χ1n) is 6.92. The molecular weight excluding hydrogens is 304 g/mol. The molecule has 0 saturated carbocycles. The lowest BCUT2D eigenvalue weighted by atomic mass is 10.2. The highest BCUT2D eigenvalue weighted by Gasteiger charge is 2.06.